The van der Waals surface area contributed by atoms with Gasteiger partial charge in [-0.25, -0.2) is 0 Å². The highest BCUT2D eigenvalue weighted by Gasteiger charge is 2.08. The van der Waals surface area contributed by atoms with E-state index >= 15 is 0 Å². The van der Waals surface area contributed by atoms with Gasteiger partial charge in [-0.15, -0.1) is 0 Å². The molecule has 1 N–H and O–H groups in total. The van der Waals surface area contributed by atoms with Crippen LogP contribution >= 0.6 is 38.5 Å². The Balaban J connectivity index is 2.08. The molecule has 1 nitrogen and oxygen atoms in total. The highest BCUT2D eigenvalue weighted by Crippen LogP contribution is 2.20. The molecule has 0 aliphatic heterocycles. The average Bonchev–Trinajstić information content (AvgIpc) is 2.33. The Morgan fingerprint density at radius 3 is 2.18 bits per heavy atom. The normalized spacial score (nSPS) is 12.4. The van der Waals surface area contributed by atoms with Crippen LogP contribution in [0.5, 0.6) is 0 Å². The van der Waals surface area contributed by atoms with Gasteiger partial charge in [0.15, 0.2) is 0 Å². The Bertz CT molecular complexity index is 479. The van der Waals surface area contributed by atoms with Crippen LogP contribution in [0.3, 0.4) is 0 Å². The second kappa shape index (κ2) is 5.98. The molecule has 0 saturated heterocycles. The molecule has 2 rings (SSSR count). The van der Waals surface area contributed by atoms with Crippen molar-refractivity contribution in [3.8, 4) is 0 Å². The van der Waals surface area contributed by atoms with E-state index in [-0.39, 0.29) is 0 Å². The first-order valence-corrected chi connectivity index (χ1v) is 7.20. The van der Waals surface area contributed by atoms with Gasteiger partial charge in [0, 0.05) is 14.5 Å². The van der Waals surface area contributed by atoms with Crippen molar-refractivity contribution in [3.63, 3.8) is 0 Å². The lowest BCUT2D eigenvalue weighted by atomic mass is 10.0. The zero-order valence-electron chi connectivity index (χ0n) is 9.11. The number of benzene rings is 2. The van der Waals surface area contributed by atoms with E-state index in [0.717, 1.165) is 15.6 Å². The fourth-order valence-corrected chi connectivity index (χ4v) is 2.27. The smallest absolute Gasteiger partial charge is 0.0830 e. The average molecular weight is 403 g/mol. The van der Waals surface area contributed by atoms with Gasteiger partial charge in [0.25, 0.3) is 0 Å². The molecule has 0 aliphatic rings. The molecule has 0 saturated carbocycles. The fraction of sp³-hybridized carbons (Fsp3) is 0.143. The Labute approximate surface area is 123 Å². The maximum atomic E-state index is 10.1. The number of aliphatic hydroxyl groups is 1. The molecule has 1 atom stereocenters. The van der Waals surface area contributed by atoms with Crippen LogP contribution in [0.25, 0.3) is 0 Å². The Morgan fingerprint density at radius 1 is 1.00 bits per heavy atom. The Morgan fingerprint density at radius 2 is 1.59 bits per heavy atom. The summed E-state index contributed by atoms with van der Waals surface area (Å²) in [5.41, 5.74) is 2.10. The molecule has 0 amide bonds. The number of aliphatic hydroxyl groups excluding tert-OH is 1. The second-order valence-corrected chi connectivity index (χ2v) is 6.06. The van der Waals surface area contributed by atoms with Crippen molar-refractivity contribution in [3.05, 3.63) is 67.7 Å². The molecule has 88 valence electrons. The van der Waals surface area contributed by atoms with E-state index in [1.54, 1.807) is 0 Å². The predicted octanol–water partition coefficient (Wildman–Crippen LogP) is 4.33. The van der Waals surface area contributed by atoms with Gasteiger partial charge in [-0.05, 0) is 58.0 Å². The van der Waals surface area contributed by atoms with Crippen molar-refractivity contribution in [2.45, 2.75) is 12.5 Å². The van der Waals surface area contributed by atoms with Gasteiger partial charge in [-0.3, -0.25) is 0 Å². The van der Waals surface area contributed by atoms with Crippen molar-refractivity contribution < 1.29 is 5.11 Å². The van der Waals surface area contributed by atoms with Crippen molar-refractivity contribution in [2.75, 3.05) is 0 Å². The van der Waals surface area contributed by atoms with Crippen molar-refractivity contribution in [1.82, 2.24) is 0 Å². The zero-order chi connectivity index (χ0) is 12.3. The molecular weight excluding hydrogens is 391 g/mol. The van der Waals surface area contributed by atoms with E-state index in [4.69, 9.17) is 0 Å². The van der Waals surface area contributed by atoms with Crippen LogP contribution in [0.1, 0.15) is 17.2 Å². The molecule has 0 aliphatic carbocycles. The van der Waals surface area contributed by atoms with E-state index in [1.165, 1.54) is 3.57 Å². The zero-order valence-corrected chi connectivity index (χ0v) is 12.8. The molecule has 0 spiro atoms. The fourth-order valence-electron chi connectivity index (χ4n) is 1.65. The molecular formula is C14H12BrIO. The van der Waals surface area contributed by atoms with Crippen LogP contribution in [0.15, 0.2) is 53.0 Å². The lowest BCUT2D eigenvalue weighted by Gasteiger charge is -2.11. The quantitative estimate of drug-likeness (QED) is 0.757. The van der Waals surface area contributed by atoms with Gasteiger partial charge in [-0.1, -0.05) is 40.2 Å². The first kappa shape index (κ1) is 13.1. The maximum absolute atomic E-state index is 10.1. The van der Waals surface area contributed by atoms with Crippen LogP contribution < -0.4 is 0 Å². The summed E-state index contributed by atoms with van der Waals surface area (Å²) < 4.78 is 2.24. The number of halogens is 2. The molecule has 0 fully saturated rings. The van der Waals surface area contributed by atoms with Gasteiger partial charge in [-0.2, -0.15) is 0 Å². The minimum absolute atomic E-state index is 0.437. The third kappa shape index (κ3) is 3.79. The van der Waals surface area contributed by atoms with Gasteiger partial charge in [0.2, 0.25) is 0 Å². The lowest BCUT2D eigenvalue weighted by Crippen LogP contribution is -2.01. The maximum Gasteiger partial charge on any atom is 0.0830 e. The van der Waals surface area contributed by atoms with Crippen LogP contribution in [-0.2, 0) is 6.42 Å². The van der Waals surface area contributed by atoms with E-state index in [2.05, 4.69) is 38.5 Å². The molecule has 17 heavy (non-hydrogen) atoms. The predicted molar refractivity (Wildman–Crippen MR) is 82.0 cm³/mol. The third-order valence-electron chi connectivity index (χ3n) is 2.60. The van der Waals surface area contributed by atoms with Crippen molar-refractivity contribution >= 4 is 38.5 Å². The first-order chi connectivity index (χ1) is 8.15. The largest absolute Gasteiger partial charge is 0.388 e. The Kier molecular flexibility index (Phi) is 4.59. The molecule has 0 heterocycles. The van der Waals surface area contributed by atoms with Crippen molar-refractivity contribution in [2.24, 2.45) is 0 Å². The summed E-state index contributed by atoms with van der Waals surface area (Å²) in [6, 6.07) is 16.0. The van der Waals surface area contributed by atoms with E-state index in [0.29, 0.717) is 6.42 Å². The first-order valence-electron chi connectivity index (χ1n) is 5.33. The number of hydrogen-bond acceptors (Lipinski definition) is 1. The number of hydrogen-bond donors (Lipinski definition) is 1. The van der Waals surface area contributed by atoms with Gasteiger partial charge < -0.3 is 5.11 Å². The van der Waals surface area contributed by atoms with Crippen LogP contribution in [0.4, 0.5) is 0 Å². The topological polar surface area (TPSA) is 20.2 Å². The third-order valence-corrected chi connectivity index (χ3v) is 3.84. The summed E-state index contributed by atoms with van der Waals surface area (Å²) in [5, 5.41) is 10.1. The van der Waals surface area contributed by atoms with Crippen molar-refractivity contribution in [1.29, 1.82) is 0 Å². The van der Waals surface area contributed by atoms with Gasteiger partial charge in [0.05, 0.1) is 6.10 Å². The van der Waals surface area contributed by atoms with Crippen LogP contribution in [-0.4, -0.2) is 5.11 Å². The second-order valence-electron chi connectivity index (χ2n) is 3.90. The lowest BCUT2D eigenvalue weighted by molar-refractivity contribution is 0.178. The number of rotatable bonds is 3. The summed E-state index contributed by atoms with van der Waals surface area (Å²) in [4.78, 5) is 0. The summed E-state index contributed by atoms with van der Waals surface area (Å²) in [6.45, 7) is 0. The molecule has 2 aromatic rings. The minimum Gasteiger partial charge on any atom is -0.388 e. The van der Waals surface area contributed by atoms with Crippen LogP contribution in [0, 0.1) is 3.57 Å². The van der Waals surface area contributed by atoms with E-state index < -0.39 is 6.10 Å². The molecule has 3 heteroatoms. The Hall–Kier alpha value is -0.390. The molecule has 2 aromatic carbocycles. The highest BCUT2D eigenvalue weighted by atomic mass is 127. The summed E-state index contributed by atoms with van der Waals surface area (Å²) in [7, 11) is 0. The standard InChI is InChI=1S/C14H12BrIO/c15-12-5-1-10(2-6-12)9-14(17)11-3-7-13(16)8-4-11/h1-8,14,17H,9H2. The molecule has 0 bridgehead atoms. The van der Waals surface area contributed by atoms with E-state index in [1.807, 2.05) is 48.5 Å². The summed E-state index contributed by atoms with van der Waals surface area (Å²) >= 11 is 5.66. The molecule has 1 unspecified atom stereocenters. The van der Waals surface area contributed by atoms with E-state index in [9.17, 15) is 5.11 Å². The SMILES string of the molecule is OC(Cc1ccc(Br)cc1)c1ccc(I)cc1. The van der Waals surface area contributed by atoms with Gasteiger partial charge in [0.1, 0.15) is 0 Å². The molecule has 0 aromatic heterocycles. The highest BCUT2D eigenvalue weighted by molar-refractivity contribution is 14.1. The summed E-state index contributed by atoms with van der Waals surface area (Å²) in [6.07, 6.45) is 0.210. The minimum atomic E-state index is -0.437. The monoisotopic (exact) mass is 402 g/mol. The van der Waals surface area contributed by atoms with Gasteiger partial charge >= 0.3 is 0 Å². The molecule has 0 radical (unpaired) electrons. The summed E-state index contributed by atoms with van der Waals surface area (Å²) in [5.74, 6) is 0. The van der Waals surface area contributed by atoms with Crippen LogP contribution in [0.2, 0.25) is 0 Å².